The molecule has 0 aliphatic carbocycles. The highest BCUT2D eigenvalue weighted by Crippen LogP contribution is 2.30. The monoisotopic (exact) mass is 492 g/mol. The fourth-order valence-electron chi connectivity index (χ4n) is 3.60. The molecular weight excluding hydrogens is 464 g/mol. The molecule has 0 radical (unpaired) electrons. The largest absolute Gasteiger partial charge is 0.494 e. The molecule has 8 heteroatoms. The molecule has 7 nitrogen and oxygen atoms in total. The second-order valence-electron chi connectivity index (χ2n) is 7.73. The maximum atomic E-state index is 13.7. The summed E-state index contributed by atoms with van der Waals surface area (Å²) in [6.07, 6.45) is 0. The van der Waals surface area contributed by atoms with Gasteiger partial charge in [0.05, 0.1) is 30.3 Å². The Labute approximate surface area is 206 Å². The first-order chi connectivity index (χ1) is 16.9. The molecule has 0 N–H and O–H groups in total. The van der Waals surface area contributed by atoms with E-state index in [0.29, 0.717) is 42.0 Å². The standard InChI is InChI=1S/C27H28N2O5S/c1-4-32-23-15-11-21(12-16-23)27-28-26(20(3)34-27)19-29(22-13-17-24(18-14-22)33-5-2)35(30,31)25-9-7-6-8-10-25/h6-18H,4-5,19H2,1-3H3. The first-order valence-electron chi connectivity index (χ1n) is 11.4. The molecule has 182 valence electrons. The molecule has 4 rings (SSSR count). The van der Waals surface area contributed by atoms with E-state index in [1.807, 2.05) is 38.1 Å². The minimum atomic E-state index is -3.87. The second-order valence-corrected chi connectivity index (χ2v) is 9.59. The molecule has 3 aromatic carbocycles. The Balaban J connectivity index is 1.69. The van der Waals surface area contributed by atoms with Crippen molar-refractivity contribution in [3.8, 4) is 23.0 Å². The van der Waals surface area contributed by atoms with Crippen molar-refractivity contribution in [1.82, 2.24) is 4.98 Å². The number of aryl methyl sites for hydroxylation is 1. The quantitative estimate of drug-likeness (QED) is 0.276. The molecule has 0 unspecified atom stereocenters. The fraction of sp³-hybridized carbons (Fsp3) is 0.222. The zero-order valence-electron chi connectivity index (χ0n) is 20.0. The fourth-order valence-corrected chi connectivity index (χ4v) is 5.05. The summed E-state index contributed by atoms with van der Waals surface area (Å²) in [5, 5.41) is 0. The van der Waals surface area contributed by atoms with Gasteiger partial charge in [-0.3, -0.25) is 4.31 Å². The van der Waals surface area contributed by atoms with E-state index in [9.17, 15) is 8.42 Å². The van der Waals surface area contributed by atoms with Crippen molar-refractivity contribution in [1.29, 1.82) is 0 Å². The van der Waals surface area contributed by atoms with Gasteiger partial charge in [-0.15, -0.1) is 0 Å². The SMILES string of the molecule is CCOc1ccc(-c2nc(CN(c3ccc(OCC)cc3)S(=O)(=O)c3ccccc3)c(C)o2)cc1. The Morgan fingerprint density at radius 1 is 0.829 bits per heavy atom. The van der Waals surface area contributed by atoms with Crippen LogP contribution in [-0.4, -0.2) is 26.6 Å². The number of anilines is 1. The van der Waals surface area contributed by atoms with Crippen LogP contribution >= 0.6 is 0 Å². The number of sulfonamides is 1. The number of rotatable bonds is 10. The van der Waals surface area contributed by atoms with Gasteiger partial charge >= 0.3 is 0 Å². The Morgan fingerprint density at radius 2 is 1.40 bits per heavy atom. The third kappa shape index (κ3) is 5.49. The first kappa shape index (κ1) is 24.3. The van der Waals surface area contributed by atoms with Crippen molar-refractivity contribution >= 4 is 15.7 Å². The average Bonchev–Trinajstić information content (AvgIpc) is 3.24. The molecule has 35 heavy (non-hydrogen) atoms. The van der Waals surface area contributed by atoms with Crippen molar-refractivity contribution in [3.63, 3.8) is 0 Å². The van der Waals surface area contributed by atoms with Crippen molar-refractivity contribution in [2.45, 2.75) is 32.2 Å². The summed E-state index contributed by atoms with van der Waals surface area (Å²) in [6, 6.07) is 22.8. The number of aromatic nitrogens is 1. The highest BCUT2D eigenvalue weighted by molar-refractivity contribution is 7.92. The van der Waals surface area contributed by atoms with E-state index in [1.54, 1.807) is 61.5 Å². The Morgan fingerprint density at radius 3 is 1.97 bits per heavy atom. The van der Waals surface area contributed by atoms with Crippen molar-refractivity contribution in [2.24, 2.45) is 0 Å². The van der Waals surface area contributed by atoms with E-state index in [1.165, 1.54) is 4.31 Å². The molecule has 4 aromatic rings. The molecular formula is C27H28N2O5S. The van der Waals surface area contributed by atoms with Crippen LogP contribution in [-0.2, 0) is 16.6 Å². The normalized spacial score (nSPS) is 11.3. The van der Waals surface area contributed by atoms with Crippen LogP contribution in [0.4, 0.5) is 5.69 Å². The van der Waals surface area contributed by atoms with Gasteiger partial charge in [0.1, 0.15) is 23.0 Å². The Kier molecular flexibility index (Phi) is 7.41. The number of nitrogens with zero attached hydrogens (tertiary/aromatic N) is 2. The molecule has 1 aromatic heterocycles. The zero-order chi connectivity index (χ0) is 24.8. The smallest absolute Gasteiger partial charge is 0.264 e. The van der Waals surface area contributed by atoms with Crippen LogP contribution in [0.25, 0.3) is 11.5 Å². The van der Waals surface area contributed by atoms with E-state index < -0.39 is 10.0 Å². The molecule has 0 fully saturated rings. The van der Waals surface area contributed by atoms with Crippen LogP contribution in [0.1, 0.15) is 25.3 Å². The van der Waals surface area contributed by atoms with Gasteiger partial charge in [-0.05, 0) is 81.4 Å². The van der Waals surface area contributed by atoms with Crippen molar-refractivity contribution in [3.05, 3.63) is 90.3 Å². The third-order valence-corrected chi connectivity index (χ3v) is 7.15. The third-order valence-electron chi connectivity index (χ3n) is 5.37. The number of oxazole rings is 1. The summed E-state index contributed by atoms with van der Waals surface area (Å²) >= 11 is 0. The van der Waals surface area contributed by atoms with Crippen molar-refractivity contribution < 1.29 is 22.3 Å². The summed E-state index contributed by atoms with van der Waals surface area (Å²) in [4.78, 5) is 4.83. The van der Waals surface area contributed by atoms with Crippen LogP contribution in [0, 0.1) is 6.92 Å². The molecule has 0 aliphatic heterocycles. The van der Waals surface area contributed by atoms with Gasteiger partial charge in [-0.25, -0.2) is 13.4 Å². The van der Waals surface area contributed by atoms with Crippen molar-refractivity contribution in [2.75, 3.05) is 17.5 Å². The maximum absolute atomic E-state index is 13.7. The van der Waals surface area contributed by atoms with Gasteiger partial charge in [0.2, 0.25) is 5.89 Å². The predicted octanol–water partition coefficient (Wildman–Crippen LogP) is 5.84. The van der Waals surface area contributed by atoms with Gasteiger partial charge < -0.3 is 13.9 Å². The molecule has 0 bridgehead atoms. The highest BCUT2D eigenvalue weighted by Gasteiger charge is 2.27. The van der Waals surface area contributed by atoms with Gasteiger partial charge in [0.25, 0.3) is 10.0 Å². The maximum Gasteiger partial charge on any atom is 0.264 e. The highest BCUT2D eigenvalue weighted by atomic mass is 32.2. The van der Waals surface area contributed by atoms with Crippen LogP contribution < -0.4 is 13.8 Å². The molecule has 0 atom stereocenters. The van der Waals surface area contributed by atoms with E-state index in [4.69, 9.17) is 13.9 Å². The molecule has 0 saturated heterocycles. The minimum absolute atomic E-state index is 0.0115. The van der Waals surface area contributed by atoms with Crippen LogP contribution in [0.15, 0.2) is 88.2 Å². The summed E-state index contributed by atoms with van der Waals surface area (Å²) in [6.45, 7) is 6.73. The zero-order valence-corrected chi connectivity index (χ0v) is 20.8. The average molecular weight is 493 g/mol. The summed E-state index contributed by atoms with van der Waals surface area (Å²) in [5.41, 5.74) is 1.81. The van der Waals surface area contributed by atoms with Crippen LogP contribution in [0.2, 0.25) is 0 Å². The van der Waals surface area contributed by atoms with Gasteiger partial charge in [-0.1, -0.05) is 18.2 Å². The van der Waals surface area contributed by atoms with Gasteiger partial charge in [0, 0.05) is 5.56 Å². The lowest BCUT2D eigenvalue weighted by Gasteiger charge is -2.24. The summed E-state index contributed by atoms with van der Waals surface area (Å²) in [5.74, 6) is 2.40. The van der Waals surface area contributed by atoms with Crippen LogP contribution in [0.5, 0.6) is 11.5 Å². The second kappa shape index (κ2) is 10.7. The Hall–Kier alpha value is -3.78. The topological polar surface area (TPSA) is 81.9 Å². The molecule has 0 amide bonds. The molecule has 0 saturated carbocycles. The molecule has 1 heterocycles. The summed E-state index contributed by atoms with van der Waals surface area (Å²) in [7, 11) is -3.87. The van der Waals surface area contributed by atoms with E-state index in [0.717, 1.165) is 11.3 Å². The van der Waals surface area contributed by atoms with E-state index in [2.05, 4.69) is 4.98 Å². The number of hydrogen-bond donors (Lipinski definition) is 0. The minimum Gasteiger partial charge on any atom is -0.494 e. The Bertz CT molecular complexity index is 1350. The van der Waals surface area contributed by atoms with Gasteiger partial charge in [0.15, 0.2) is 0 Å². The lowest BCUT2D eigenvalue weighted by Crippen LogP contribution is -2.31. The predicted molar refractivity (Wildman–Crippen MR) is 135 cm³/mol. The first-order valence-corrected chi connectivity index (χ1v) is 12.9. The lowest BCUT2D eigenvalue weighted by atomic mass is 10.2. The number of benzene rings is 3. The number of ether oxygens (including phenoxy) is 2. The van der Waals surface area contributed by atoms with E-state index in [-0.39, 0.29) is 11.4 Å². The summed E-state index contributed by atoms with van der Waals surface area (Å²) < 4.78 is 45.6. The molecule has 0 spiro atoms. The van der Waals surface area contributed by atoms with E-state index >= 15 is 0 Å². The molecule has 0 aliphatic rings. The lowest BCUT2D eigenvalue weighted by molar-refractivity contribution is 0.340. The number of hydrogen-bond acceptors (Lipinski definition) is 6. The van der Waals surface area contributed by atoms with Crippen LogP contribution in [0.3, 0.4) is 0 Å². The van der Waals surface area contributed by atoms with Gasteiger partial charge in [-0.2, -0.15) is 0 Å².